The fourth-order valence-electron chi connectivity index (χ4n) is 3.99. The van der Waals surface area contributed by atoms with E-state index < -0.39 is 6.10 Å². The van der Waals surface area contributed by atoms with Crippen molar-refractivity contribution in [1.29, 1.82) is 0 Å². The minimum absolute atomic E-state index is 0.0411. The van der Waals surface area contributed by atoms with Gasteiger partial charge in [0.2, 0.25) is 5.91 Å². The number of amides is 2. The first-order valence-corrected chi connectivity index (χ1v) is 9.18. The molecule has 0 radical (unpaired) electrons. The Labute approximate surface area is 152 Å². The van der Waals surface area contributed by atoms with Gasteiger partial charge < -0.3 is 14.9 Å². The molecule has 4 atom stereocenters. The van der Waals surface area contributed by atoms with Crippen molar-refractivity contribution in [3.8, 4) is 0 Å². The first-order valence-electron chi connectivity index (χ1n) is 9.18. The molecule has 7 heteroatoms. The van der Waals surface area contributed by atoms with E-state index in [1.54, 1.807) is 11.8 Å². The summed E-state index contributed by atoms with van der Waals surface area (Å²) in [5, 5.41) is 17.6. The Kier molecular flexibility index (Phi) is 4.19. The standard InChI is InChI=1S/C19H24N4O3/c1-11-10-22(7-8-23(11)18(25)15-9-14(15)12(2)24)19(26)17-13-5-3-4-6-16(13)20-21-17/h3-6,11-12,14-15,24H,7-10H2,1-2H3,(H,20,21). The second-order valence-electron chi connectivity index (χ2n) is 7.50. The summed E-state index contributed by atoms with van der Waals surface area (Å²) in [6.07, 6.45) is 0.330. The number of fused-ring (bicyclic) bond motifs is 1. The number of aromatic nitrogens is 2. The van der Waals surface area contributed by atoms with Crippen molar-refractivity contribution in [1.82, 2.24) is 20.0 Å². The van der Waals surface area contributed by atoms with Gasteiger partial charge in [-0.25, -0.2) is 0 Å². The summed E-state index contributed by atoms with van der Waals surface area (Å²) in [6, 6.07) is 7.54. The smallest absolute Gasteiger partial charge is 0.275 e. The van der Waals surface area contributed by atoms with Crippen molar-refractivity contribution in [2.45, 2.75) is 32.4 Å². The van der Waals surface area contributed by atoms with Crippen molar-refractivity contribution in [2.75, 3.05) is 19.6 Å². The molecule has 1 aliphatic heterocycles. The van der Waals surface area contributed by atoms with Crippen LogP contribution in [0.3, 0.4) is 0 Å². The number of H-pyrrole nitrogens is 1. The van der Waals surface area contributed by atoms with Gasteiger partial charge in [-0.3, -0.25) is 14.7 Å². The molecule has 26 heavy (non-hydrogen) atoms. The van der Waals surface area contributed by atoms with Crippen LogP contribution >= 0.6 is 0 Å². The zero-order valence-corrected chi connectivity index (χ0v) is 15.1. The van der Waals surface area contributed by atoms with Crippen molar-refractivity contribution in [3.05, 3.63) is 30.0 Å². The Morgan fingerprint density at radius 3 is 2.77 bits per heavy atom. The SMILES string of the molecule is CC(O)C1CC1C(=O)N1CCN(C(=O)c2n[nH]c3ccccc23)CC1C. The van der Waals surface area contributed by atoms with Crippen molar-refractivity contribution in [3.63, 3.8) is 0 Å². The lowest BCUT2D eigenvalue weighted by Gasteiger charge is -2.40. The highest BCUT2D eigenvalue weighted by Gasteiger charge is 2.48. The van der Waals surface area contributed by atoms with Crippen molar-refractivity contribution < 1.29 is 14.7 Å². The van der Waals surface area contributed by atoms with Gasteiger partial charge in [-0.05, 0) is 32.3 Å². The van der Waals surface area contributed by atoms with Crippen molar-refractivity contribution >= 4 is 22.7 Å². The zero-order chi connectivity index (χ0) is 18.4. The third-order valence-corrected chi connectivity index (χ3v) is 5.65. The van der Waals surface area contributed by atoms with Gasteiger partial charge in [0.25, 0.3) is 5.91 Å². The van der Waals surface area contributed by atoms with Crippen LogP contribution in [-0.2, 0) is 4.79 Å². The molecule has 0 bridgehead atoms. The summed E-state index contributed by atoms with van der Waals surface area (Å²) in [5.41, 5.74) is 1.28. The average Bonchev–Trinajstić information content (AvgIpc) is 3.33. The van der Waals surface area contributed by atoms with Gasteiger partial charge in [-0.15, -0.1) is 0 Å². The highest BCUT2D eigenvalue weighted by molar-refractivity contribution is 6.04. The van der Waals surface area contributed by atoms with Crippen LogP contribution in [0.4, 0.5) is 0 Å². The summed E-state index contributed by atoms with van der Waals surface area (Å²) >= 11 is 0. The van der Waals surface area contributed by atoms with Gasteiger partial charge in [-0.2, -0.15) is 5.10 Å². The molecule has 1 aliphatic carbocycles. The molecule has 1 saturated carbocycles. The molecule has 2 amide bonds. The Morgan fingerprint density at radius 2 is 2.08 bits per heavy atom. The number of para-hydroxylation sites is 1. The predicted molar refractivity (Wildman–Crippen MR) is 96.5 cm³/mol. The van der Waals surface area contributed by atoms with E-state index in [0.29, 0.717) is 25.3 Å². The van der Waals surface area contributed by atoms with Gasteiger partial charge in [0.15, 0.2) is 5.69 Å². The maximum Gasteiger partial charge on any atom is 0.275 e. The van der Waals surface area contributed by atoms with Crippen LogP contribution in [0.5, 0.6) is 0 Å². The normalized spacial score (nSPS) is 26.8. The van der Waals surface area contributed by atoms with Gasteiger partial charge in [0.1, 0.15) is 0 Å². The quantitative estimate of drug-likeness (QED) is 0.866. The highest BCUT2D eigenvalue weighted by Crippen LogP contribution is 2.43. The molecule has 2 N–H and O–H groups in total. The maximum absolute atomic E-state index is 12.9. The van der Waals surface area contributed by atoms with Crippen LogP contribution in [0.25, 0.3) is 10.9 Å². The first kappa shape index (κ1) is 17.0. The Morgan fingerprint density at radius 1 is 1.31 bits per heavy atom. The van der Waals surface area contributed by atoms with Crippen LogP contribution in [0.1, 0.15) is 30.8 Å². The topological polar surface area (TPSA) is 89.5 Å². The summed E-state index contributed by atoms with van der Waals surface area (Å²) in [6.45, 7) is 5.24. The van der Waals surface area contributed by atoms with Crippen LogP contribution in [0.2, 0.25) is 0 Å². The molecule has 0 spiro atoms. The van der Waals surface area contributed by atoms with Crippen molar-refractivity contribution in [2.24, 2.45) is 11.8 Å². The van der Waals surface area contributed by atoms with E-state index in [-0.39, 0.29) is 29.7 Å². The molecule has 2 fully saturated rings. The Bertz CT molecular complexity index is 846. The molecule has 4 rings (SSSR count). The minimum atomic E-state index is -0.435. The minimum Gasteiger partial charge on any atom is -0.393 e. The third kappa shape index (κ3) is 2.86. The number of carbonyl (C=O) groups excluding carboxylic acids is 2. The van der Waals surface area contributed by atoms with E-state index in [0.717, 1.165) is 17.3 Å². The summed E-state index contributed by atoms with van der Waals surface area (Å²) in [5.74, 6) is 0.0372. The first-order chi connectivity index (χ1) is 12.5. The van der Waals surface area contributed by atoms with E-state index in [9.17, 15) is 14.7 Å². The predicted octanol–water partition coefficient (Wildman–Crippen LogP) is 1.25. The third-order valence-electron chi connectivity index (χ3n) is 5.65. The summed E-state index contributed by atoms with van der Waals surface area (Å²) in [4.78, 5) is 29.2. The summed E-state index contributed by atoms with van der Waals surface area (Å²) < 4.78 is 0. The lowest BCUT2D eigenvalue weighted by Crippen LogP contribution is -2.56. The molecule has 2 aromatic rings. The van der Waals surface area contributed by atoms with Gasteiger partial charge in [0.05, 0.1) is 11.6 Å². The zero-order valence-electron chi connectivity index (χ0n) is 15.1. The number of piperazine rings is 1. The number of aliphatic hydroxyl groups excluding tert-OH is 1. The maximum atomic E-state index is 12.9. The van der Waals surface area contributed by atoms with Gasteiger partial charge >= 0.3 is 0 Å². The number of benzene rings is 1. The molecular weight excluding hydrogens is 332 g/mol. The number of rotatable bonds is 3. The lowest BCUT2D eigenvalue weighted by molar-refractivity contribution is -0.137. The number of carbonyl (C=O) groups is 2. The fraction of sp³-hybridized carbons (Fsp3) is 0.526. The lowest BCUT2D eigenvalue weighted by atomic mass is 10.1. The number of aliphatic hydroxyl groups is 1. The van der Waals surface area contributed by atoms with Gasteiger partial charge in [-0.1, -0.05) is 18.2 Å². The molecule has 7 nitrogen and oxygen atoms in total. The van der Waals surface area contributed by atoms with Crippen LogP contribution < -0.4 is 0 Å². The van der Waals surface area contributed by atoms with E-state index in [2.05, 4.69) is 10.2 Å². The van der Waals surface area contributed by atoms with E-state index in [4.69, 9.17) is 0 Å². The number of nitrogens with one attached hydrogen (secondary N) is 1. The number of aromatic amines is 1. The average molecular weight is 356 g/mol. The molecule has 1 aromatic carbocycles. The highest BCUT2D eigenvalue weighted by atomic mass is 16.3. The number of nitrogens with zero attached hydrogens (tertiary/aromatic N) is 3. The number of hydrogen-bond acceptors (Lipinski definition) is 4. The molecule has 4 unspecified atom stereocenters. The molecule has 1 aromatic heterocycles. The van der Waals surface area contributed by atoms with Crippen LogP contribution in [0.15, 0.2) is 24.3 Å². The summed E-state index contributed by atoms with van der Waals surface area (Å²) in [7, 11) is 0. The molecular formula is C19H24N4O3. The van der Waals surface area contributed by atoms with Crippen LogP contribution in [0, 0.1) is 11.8 Å². The molecule has 1 saturated heterocycles. The van der Waals surface area contributed by atoms with E-state index in [1.165, 1.54) is 0 Å². The van der Waals surface area contributed by atoms with E-state index in [1.807, 2.05) is 36.1 Å². The fourth-order valence-corrected chi connectivity index (χ4v) is 3.99. The molecule has 138 valence electrons. The largest absolute Gasteiger partial charge is 0.393 e. The number of hydrogen-bond donors (Lipinski definition) is 2. The molecule has 2 heterocycles. The Balaban J connectivity index is 1.44. The van der Waals surface area contributed by atoms with E-state index >= 15 is 0 Å². The monoisotopic (exact) mass is 356 g/mol. The second-order valence-corrected chi connectivity index (χ2v) is 7.50. The second kappa shape index (κ2) is 6.39. The van der Waals surface area contributed by atoms with Gasteiger partial charge in [0, 0.05) is 37.0 Å². The van der Waals surface area contributed by atoms with Crippen LogP contribution in [-0.4, -0.2) is 68.7 Å². The Hall–Kier alpha value is -2.41. The molecule has 2 aliphatic rings.